The first-order valence-electron chi connectivity index (χ1n) is 6.88. The zero-order valence-electron chi connectivity index (χ0n) is 12.4. The van der Waals surface area contributed by atoms with Crippen molar-refractivity contribution in [3.63, 3.8) is 0 Å². The number of benzene rings is 1. The topological polar surface area (TPSA) is 21.3 Å². The van der Waals surface area contributed by atoms with Gasteiger partial charge in [-0.2, -0.15) is 0 Å². The van der Waals surface area contributed by atoms with Gasteiger partial charge in [-0.25, -0.2) is 0 Å². The lowest BCUT2D eigenvalue weighted by atomic mass is 10.1. The van der Waals surface area contributed by atoms with E-state index in [1.165, 1.54) is 5.56 Å². The van der Waals surface area contributed by atoms with Gasteiger partial charge < -0.3 is 10.1 Å². The van der Waals surface area contributed by atoms with Crippen LogP contribution < -0.4 is 10.1 Å². The third-order valence-electron chi connectivity index (χ3n) is 3.00. The van der Waals surface area contributed by atoms with Crippen molar-refractivity contribution in [1.29, 1.82) is 0 Å². The molecule has 0 bridgehead atoms. The first kappa shape index (κ1) is 15.0. The van der Waals surface area contributed by atoms with Crippen molar-refractivity contribution in [3.8, 4) is 5.75 Å². The molecular formula is C16H27NO. The minimum Gasteiger partial charge on any atom is -0.493 e. The van der Waals surface area contributed by atoms with Crippen molar-refractivity contribution in [2.24, 2.45) is 5.92 Å². The van der Waals surface area contributed by atoms with E-state index in [-0.39, 0.29) is 5.54 Å². The molecule has 0 saturated heterocycles. The number of hydrogen-bond acceptors (Lipinski definition) is 2. The van der Waals surface area contributed by atoms with E-state index in [2.05, 4.69) is 58.1 Å². The van der Waals surface area contributed by atoms with Gasteiger partial charge in [-0.1, -0.05) is 38.5 Å². The van der Waals surface area contributed by atoms with Gasteiger partial charge in [0, 0.05) is 17.6 Å². The molecule has 1 aromatic carbocycles. The summed E-state index contributed by atoms with van der Waals surface area (Å²) in [5.74, 6) is 1.61. The Bertz CT molecular complexity index is 354. The van der Waals surface area contributed by atoms with Crippen molar-refractivity contribution in [3.05, 3.63) is 29.8 Å². The van der Waals surface area contributed by atoms with E-state index < -0.39 is 0 Å². The molecule has 2 nitrogen and oxygen atoms in total. The van der Waals surface area contributed by atoms with Gasteiger partial charge >= 0.3 is 0 Å². The molecule has 0 aliphatic carbocycles. The van der Waals surface area contributed by atoms with Gasteiger partial charge in [0.05, 0.1) is 6.61 Å². The van der Waals surface area contributed by atoms with Gasteiger partial charge in [-0.3, -0.25) is 0 Å². The average molecular weight is 249 g/mol. The van der Waals surface area contributed by atoms with Crippen molar-refractivity contribution >= 4 is 0 Å². The average Bonchev–Trinajstić information content (AvgIpc) is 2.33. The van der Waals surface area contributed by atoms with Crippen LogP contribution in [0.15, 0.2) is 24.3 Å². The second kappa shape index (κ2) is 6.79. The molecule has 0 fully saturated rings. The lowest BCUT2D eigenvalue weighted by molar-refractivity contribution is 0.253. The predicted molar refractivity (Wildman–Crippen MR) is 78.0 cm³/mol. The Morgan fingerprint density at radius 3 is 2.50 bits per heavy atom. The van der Waals surface area contributed by atoms with Gasteiger partial charge in [0.1, 0.15) is 5.75 Å². The highest BCUT2D eigenvalue weighted by atomic mass is 16.5. The maximum absolute atomic E-state index is 5.92. The van der Waals surface area contributed by atoms with Gasteiger partial charge in [-0.05, 0) is 32.8 Å². The lowest BCUT2D eigenvalue weighted by Gasteiger charge is -2.22. The first-order valence-corrected chi connectivity index (χ1v) is 6.88. The summed E-state index contributed by atoms with van der Waals surface area (Å²) in [5.41, 5.74) is 1.36. The fraction of sp³-hybridized carbons (Fsp3) is 0.625. The maximum Gasteiger partial charge on any atom is 0.123 e. The summed E-state index contributed by atoms with van der Waals surface area (Å²) >= 11 is 0. The second-order valence-electron chi connectivity index (χ2n) is 6.04. The normalized spacial score (nSPS) is 13.4. The second-order valence-corrected chi connectivity index (χ2v) is 6.04. The van der Waals surface area contributed by atoms with E-state index >= 15 is 0 Å². The number of nitrogens with one attached hydrogen (secondary N) is 1. The van der Waals surface area contributed by atoms with Gasteiger partial charge in [0.25, 0.3) is 0 Å². The van der Waals surface area contributed by atoms with Crippen LogP contribution in [0.1, 0.15) is 46.6 Å². The fourth-order valence-corrected chi connectivity index (χ4v) is 1.50. The molecule has 1 aromatic rings. The number of ether oxygens (including phenoxy) is 1. The third kappa shape index (κ3) is 5.54. The molecule has 0 aliphatic rings. The third-order valence-corrected chi connectivity index (χ3v) is 3.00. The first-order chi connectivity index (χ1) is 8.42. The summed E-state index contributed by atoms with van der Waals surface area (Å²) in [4.78, 5) is 0. The largest absolute Gasteiger partial charge is 0.493 e. The molecule has 0 heterocycles. The van der Waals surface area contributed by atoms with E-state index in [0.717, 1.165) is 25.3 Å². The molecule has 18 heavy (non-hydrogen) atoms. The molecule has 0 aliphatic heterocycles. The number of rotatable bonds is 6. The molecule has 1 N–H and O–H groups in total. The molecule has 1 atom stereocenters. The summed E-state index contributed by atoms with van der Waals surface area (Å²) in [6.45, 7) is 12.6. The van der Waals surface area contributed by atoms with E-state index in [9.17, 15) is 0 Å². The van der Waals surface area contributed by atoms with Crippen LogP contribution in [0.25, 0.3) is 0 Å². The van der Waals surface area contributed by atoms with Gasteiger partial charge in [0.2, 0.25) is 0 Å². The Labute approximate surface area is 112 Å². The van der Waals surface area contributed by atoms with Crippen molar-refractivity contribution in [2.45, 2.75) is 53.1 Å². The Hall–Kier alpha value is -1.02. The minimum atomic E-state index is 0.129. The predicted octanol–water partition coefficient (Wildman–Crippen LogP) is 4.00. The minimum absolute atomic E-state index is 0.129. The Balaban J connectivity index is 2.62. The van der Waals surface area contributed by atoms with Crippen molar-refractivity contribution in [2.75, 3.05) is 6.61 Å². The fourth-order valence-electron chi connectivity index (χ4n) is 1.50. The Morgan fingerprint density at radius 1 is 1.22 bits per heavy atom. The summed E-state index contributed by atoms with van der Waals surface area (Å²) in [7, 11) is 0. The van der Waals surface area contributed by atoms with Crippen LogP contribution in [0, 0.1) is 5.92 Å². The molecule has 0 spiro atoms. The summed E-state index contributed by atoms with van der Waals surface area (Å²) in [6.07, 6.45) is 1.16. The van der Waals surface area contributed by atoms with Crippen molar-refractivity contribution in [1.82, 2.24) is 5.32 Å². The summed E-state index contributed by atoms with van der Waals surface area (Å²) in [5, 5.41) is 3.50. The monoisotopic (exact) mass is 249 g/mol. The quantitative estimate of drug-likeness (QED) is 0.823. The van der Waals surface area contributed by atoms with Crippen LogP contribution in [0.3, 0.4) is 0 Å². The Morgan fingerprint density at radius 2 is 1.89 bits per heavy atom. The van der Waals surface area contributed by atoms with Crippen LogP contribution in [0.4, 0.5) is 0 Å². The SMILES string of the molecule is CCC(C)COc1ccccc1CNC(C)(C)C. The van der Waals surface area contributed by atoms with Crippen LogP contribution >= 0.6 is 0 Å². The zero-order chi connectivity index (χ0) is 13.6. The number of hydrogen-bond donors (Lipinski definition) is 1. The summed E-state index contributed by atoms with van der Waals surface area (Å²) in [6, 6.07) is 8.29. The molecule has 2 heteroatoms. The molecule has 0 amide bonds. The highest BCUT2D eigenvalue weighted by molar-refractivity contribution is 5.33. The Kier molecular flexibility index (Phi) is 5.67. The van der Waals surface area contributed by atoms with Crippen molar-refractivity contribution < 1.29 is 4.74 Å². The van der Waals surface area contributed by atoms with E-state index in [1.807, 2.05) is 6.07 Å². The number of para-hydroxylation sites is 1. The molecule has 1 unspecified atom stereocenters. The standard InChI is InChI=1S/C16H27NO/c1-6-13(2)12-18-15-10-8-7-9-14(15)11-17-16(3,4)5/h7-10,13,17H,6,11-12H2,1-5H3. The van der Waals surface area contributed by atoms with Crippen LogP contribution in [0.5, 0.6) is 5.75 Å². The van der Waals surface area contributed by atoms with Gasteiger partial charge in [-0.15, -0.1) is 0 Å². The molecule has 102 valence electrons. The molecule has 0 radical (unpaired) electrons. The smallest absolute Gasteiger partial charge is 0.123 e. The van der Waals surface area contributed by atoms with Crippen LogP contribution in [-0.4, -0.2) is 12.1 Å². The van der Waals surface area contributed by atoms with Crippen LogP contribution in [-0.2, 0) is 6.54 Å². The molecule has 0 saturated carbocycles. The zero-order valence-corrected chi connectivity index (χ0v) is 12.4. The van der Waals surface area contributed by atoms with Crippen LogP contribution in [0.2, 0.25) is 0 Å². The molecule has 1 rings (SSSR count). The molecular weight excluding hydrogens is 222 g/mol. The van der Waals surface area contributed by atoms with E-state index in [0.29, 0.717) is 5.92 Å². The van der Waals surface area contributed by atoms with E-state index in [4.69, 9.17) is 4.74 Å². The molecule has 0 aromatic heterocycles. The van der Waals surface area contributed by atoms with E-state index in [1.54, 1.807) is 0 Å². The summed E-state index contributed by atoms with van der Waals surface area (Å²) < 4.78 is 5.92. The van der Waals surface area contributed by atoms with Gasteiger partial charge in [0.15, 0.2) is 0 Å². The maximum atomic E-state index is 5.92. The highest BCUT2D eigenvalue weighted by Gasteiger charge is 2.11. The highest BCUT2D eigenvalue weighted by Crippen LogP contribution is 2.19. The lowest BCUT2D eigenvalue weighted by Crippen LogP contribution is -2.35.